The summed E-state index contributed by atoms with van der Waals surface area (Å²) in [7, 11) is 0. The number of aromatic nitrogens is 1. The number of carbonyl (C=O) groups excluding carboxylic acids is 1. The van der Waals surface area contributed by atoms with Crippen molar-refractivity contribution in [2.24, 2.45) is 0 Å². The Morgan fingerprint density at radius 3 is 2.73 bits per heavy atom. The van der Waals surface area contributed by atoms with E-state index < -0.39 is 0 Å². The fourth-order valence-electron chi connectivity index (χ4n) is 2.43. The summed E-state index contributed by atoms with van der Waals surface area (Å²) in [5.41, 5.74) is 4.08. The van der Waals surface area contributed by atoms with Crippen LogP contribution < -0.4 is 10.6 Å². The van der Waals surface area contributed by atoms with Crippen molar-refractivity contribution < 1.29 is 4.79 Å². The number of thiazole rings is 1. The first-order valence-electron chi connectivity index (χ1n) is 8.26. The van der Waals surface area contributed by atoms with Crippen molar-refractivity contribution in [1.29, 1.82) is 5.26 Å². The highest BCUT2D eigenvalue weighted by atomic mass is 32.1. The summed E-state index contributed by atoms with van der Waals surface area (Å²) in [6.45, 7) is 2.12. The predicted molar refractivity (Wildman–Crippen MR) is 105 cm³/mol. The van der Waals surface area contributed by atoms with Crippen molar-refractivity contribution in [3.05, 3.63) is 70.7 Å². The van der Waals surface area contributed by atoms with Crippen molar-refractivity contribution in [1.82, 2.24) is 4.98 Å². The Morgan fingerprint density at radius 2 is 2.00 bits per heavy atom. The van der Waals surface area contributed by atoms with Crippen molar-refractivity contribution in [2.45, 2.75) is 19.8 Å². The minimum Gasteiger partial charge on any atom is -0.332 e. The lowest BCUT2D eigenvalue weighted by Gasteiger charge is -2.04. The lowest BCUT2D eigenvalue weighted by atomic mass is 10.1. The van der Waals surface area contributed by atoms with Gasteiger partial charge in [0, 0.05) is 16.8 Å². The summed E-state index contributed by atoms with van der Waals surface area (Å²) in [4.78, 5) is 16.6. The van der Waals surface area contributed by atoms with E-state index in [9.17, 15) is 4.79 Å². The summed E-state index contributed by atoms with van der Waals surface area (Å²) in [6.07, 6.45) is 1.19. The highest BCUT2D eigenvalue weighted by Crippen LogP contribution is 2.22. The molecule has 0 radical (unpaired) electrons. The highest BCUT2D eigenvalue weighted by Gasteiger charge is 2.09. The average molecular weight is 362 g/mol. The Kier molecular flexibility index (Phi) is 5.62. The summed E-state index contributed by atoms with van der Waals surface area (Å²) < 4.78 is 0. The Bertz CT molecular complexity index is 941. The Balaban J connectivity index is 1.58. The topological polar surface area (TPSA) is 77.8 Å². The van der Waals surface area contributed by atoms with Crippen LogP contribution in [0.5, 0.6) is 0 Å². The molecule has 3 aromatic rings. The van der Waals surface area contributed by atoms with Crippen LogP contribution in [-0.4, -0.2) is 10.9 Å². The third-order valence-electron chi connectivity index (χ3n) is 3.78. The van der Waals surface area contributed by atoms with Crippen LogP contribution in [0.3, 0.4) is 0 Å². The molecule has 6 heteroatoms. The standard InChI is InChI=1S/C20H18N4OS/c1-2-14-6-8-16(9-7-14)23-20-24-18(13-26-20)11-19(25)22-17-5-3-4-15(10-17)12-21/h3-10,13H,2,11H2,1H3,(H,22,25)(H,23,24). The molecule has 5 nitrogen and oxygen atoms in total. The van der Waals surface area contributed by atoms with Gasteiger partial charge in [-0.05, 0) is 42.3 Å². The molecule has 1 heterocycles. The highest BCUT2D eigenvalue weighted by molar-refractivity contribution is 7.13. The zero-order valence-electron chi connectivity index (χ0n) is 14.3. The first-order chi connectivity index (χ1) is 12.7. The van der Waals surface area contributed by atoms with Gasteiger partial charge in [-0.25, -0.2) is 4.98 Å². The molecule has 130 valence electrons. The number of anilines is 3. The maximum atomic E-state index is 12.2. The number of nitrogens with zero attached hydrogens (tertiary/aromatic N) is 2. The van der Waals surface area contributed by atoms with Crippen molar-refractivity contribution in [3.8, 4) is 6.07 Å². The Morgan fingerprint density at radius 1 is 1.19 bits per heavy atom. The Labute approximate surface area is 156 Å². The smallest absolute Gasteiger partial charge is 0.230 e. The molecule has 0 saturated carbocycles. The summed E-state index contributed by atoms with van der Waals surface area (Å²) in [6, 6.07) is 17.1. The predicted octanol–water partition coefficient (Wildman–Crippen LogP) is 4.50. The van der Waals surface area contributed by atoms with Gasteiger partial charge >= 0.3 is 0 Å². The van der Waals surface area contributed by atoms with Crippen LogP contribution in [0.25, 0.3) is 0 Å². The molecule has 3 rings (SSSR count). The van der Waals surface area contributed by atoms with Gasteiger partial charge in [-0.3, -0.25) is 4.79 Å². The third kappa shape index (κ3) is 4.68. The minimum atomic E-state index is -0.163. The Hall–Kier alpha value is -3.17. The van der Waals surface area contributed by atoms with E-state index >= 15 is 0 Å². The molecule has 2 aromatic carbocycles. The number of rotatable bonds is 6. The molecule has 0 aliphatic heterocycles. The van der Waals surface area contributed by atoms with Crippen LogP contribution in [0, 0.1) is 11.3 Å². The SMILES string of the molecule is CCc1ccc(Nc2nc(CC(=O)Nc3cccc(C#N)c3)cs2)cc1. The van der Waals surface area contributed by atoms with Crippen molar-refractivity contribution in [3.63, 3.8) is 0 Å². The number of nitriles is 1. The summed E-state index contributed by atoms with van der Waals surface area (Å²) in [5, 5.41) is 17.6. The molecule has 0 saturated heterocycles. The lowest BCUT2D eigenvalue weighted by molar-refractivity contribution is -0.115. The molecule has 0 bridgehead atoms. The van der Waals surface area contributed by atoms with Crippen molar-refractivity contribution in [2.75, 3.05) is 10.6 Å². The number of hydrogen-bond donors (Lipinski definition) is 2. The molecule has 0 spiro atoms. The van der Waals surface area contributed by atoms with E-state index in [-0.39, 0.29) is 12.3 Å². The van der Waals surface area contributed by atoms with E-state index in [2.05, 4.69) is 40.7 Å². The van der Waals surface area contributed by atoms with Gasteiger partial charge in [0.15, 0.2) is 5.13 Å². The maximum absolute atomic E-state index is 12.2. The van der Waals surface area contributed by atoms with Gasteiger partial charge in [0.2, 0.25) is 5.91 Å². The van der Waals surface area contributed by atoms with E-state index in [1.807, 2.05) is 17.5 Å². The normalized spacial score (nSPS) is 10.2. The molecule has 2 N–H and O–H groups in total. The summed E-state index contributed by atoms with van der Waals surface area (Å²) >= 11 is 1.46. The quantitative estimate of drug-likeness (QED) is 0.677. The van der Waals surface area contributed by atoms with Crippen LogP contribution >= 0.6 is 11.3 Å². The monoisotopic (exact) mass is 362 g/mol. The zero-order valence-corrected chi connectivity index (χ0v) is 15.1. The zero-order chi connectivity index (χ0) is 18.4. The second-order valence-corrected chi connectivity index (χ2v) is 6.60. The molecular weight excluding hydrogens is 344 g/mol. The van der Waals surface area contributed by atoms with Gasteiger partial charge in [-0.2, -0.15) is 5.26 Å². The third-order valence-corrected chi connectivity index (χ3v) is 4.59. The number of hydrogen-bond acceptors (Lipinski definition) is 5. The second kappa shape index (κ2) is 8.28. The number of carbonyl (C=O) groups is 1. The molecule has 0 aliphatic carbocycles. The van der Waals surface area contributed by atoms with E-state index in [1.165, 1.54) is 16.9 Å². The van der Waals surface area contributed by atoms with Gasteiger partial charge < -0.3 is 10.6 Å². The number of amides is 1. The van der Waals surface area contributed by atoms with Gasteiger partial charge in [-0.15, -0.1) is 11.3 Å². The molecular formula is C20H18N4OS. The van der Waals surface area contributed by atoms with E-state index in [0.29, 0.717) is 16.9 Å². The van der Waals surface area contributed by atoms with Gasteiger partial charge in [0.1, 0.15) is 0 Å². The number of aryl methyl sites for hydroxylation is 1. The molecule has 1 amide bonds. The molecule has 1 aromatic heterocycles. The van der Waals surface area contributed by atoms with Crippen LogP contribution in [0.4, 0.5) is 16.5 Å². The van der Waals surface area contributed by atoms with Gasteiger partial charge in [-0.1, -0.05) is 25.1 Å². The van der Waals surface area contributed by atoms with E-state index in [1.54, 1.807) is 24.3 Å². The van der Waals surface area contributed by atoms with E-state index in [4.69, 9.17) is 5.26 Å². The van der Waals surface area contributed by atoms with Gasteiger partial charge in [0.05, 0.1) is 23.7 Å². The van der Waals surface area contributed by atoms with Crippen LogP contribution in [0.1, 0.15) is 23.7 Å². The van der Waals surface area contributed by atoms with Crippen LogP contribution in [0.15, 0.2) is 53.9 Å². The molecule has 26 heavy (non-hydrogen) atoms. The fourth-order valence-corrected chi connectivity index (χ4v) is 3.16. The second-order valence-electron chi connectivity index (χ2n) is 5.74. The first-order valence-corrected chi connectivity index (χ1v) is 9.14. The largest absolute Gasteiger partial charge is 0.332 e. The number of benzene rings is 2. The van der Waals surface area contributed by atoms with E-state index in [0.717, 1.165) is 17.2 Å². The maximum Gasteiger partial charge on any atom is 0.230 e. The molecule has 0 atom stereocenters. The minimum absolute atomic E-state index is 0.163. The summed E-state index contributed by atoms with van der Waals surface area (Å²) in [5.74, 6) is -0.163. The first kappa shape index (κ1) is 17.6. The van der Waals surface area contributed by atoms with Crippen molar-refractivity contribution >= 4 is 33.8 Å². The van der Waals surface area contributed by atoms with Crippen LogP contribution in [-0.2, 0) is 17.6 Å². The number of nitrogens with one attached hydrogen (secondary N) is 2. The molecule has 0 aliphatic rings. The fraction of sp³-hybridized carbons (Fsp3) is 0.150. The average Bonchev–Trinajstić information content (AvgIpc) is 3.09. The molecule has 0 unspecified atom stereocenters. The van der Waals surface area contributed by atoms with Gasteiger partial charge in [0.25, 0.3) is 0 Å². The molecule has 0 fully saturated rings. The van der Waals surface area contributed by atoms with Crippen LogP contribution in [0.2, 0.25) is 0 Å². The lowest BCUT2D eigenvalue weighted by Crippen LogP contribution is -2.14.